The Hall–Kier alpha value is -2.17. The Kier molecular flexibility index (Phi) is 3.49. The molecule has 5 heteroatoms. The molecule has 0 fully saturated rings. The van der Waals surface area contributed by atoms with Crippen LogP contribution in [0.5, 0.6) is 0 Å². The van der Waals surface area contributed by atoms with Gasteiger partial charge in [0.05, 0.1) is 11.9 Å². The van der Waals surface area contributed by atoms with Gasteiger partial charge in [-0.25, -0.2) is 4.68 Å². The number of aliphatic hydroxyl groups is 1. The normalized spacial score (nSPS) is 13.9. The third kappa shape index (κ3) is 2.44. The van der Waals surface area contributed by atoms with Crippen molar-refractivity contribution in [3.8, 4) is 5.69 Å². The van der Waals surface area contributed by atoms with Gasteiger partial charge >= 0.3 is 0 Å². The van der Waals surface area contributed by atoms with Crippen LogP contribution in [0.15, 0.2) is 60.8 Å². The molecule has 0 saturated heterocycles. The average molecular weight is 300 g/mol. The molecule has 0 spiro atoms. The fourth-order valence-electron chi connectivity index (χ4n) is 2.32. The predicted octanol–water partition coefficient (Wildman–Crippen LogP) is 3.18. The number of rotatable bonds is 3. The zero-order chi connectivity index (χ0) is 14.9. The Morgan fingerprint density at radius 2 is 1.71 bits per heavy atom. The molecule has 0 radical (unpaired) electrons. The van der Waals surface area contributed by atoms with Gasteiger partial charge in [-0.3, -0.25) is 0 Å². The fourth-order valence-corrected chi connectivity index (χ4v) is 2.64. The Labute approximate surface area is 127 Å². The van der Waals surface area contributed by atoms with Crippen molar-refractivity contribution in [3.63, 3.8) is 0 Å². The van der Waals surface area contributed by atoms with Gasteiger partial charge in [0, 0.05) is 10.6 Å². The van der Waals surface area contributed by atoms with E-state index >= 15 is 0 Å². The van der Waals surface area contributed by atoms with Crippen LogP contribution in [-0.4, -0.2) is 20.1 Å². The van der Waals surface area contributed by atoms with Gasteiger partial charge in [-0.2, -0.15) is 0 Å². The second kappa shape index (κ2) is 5.31. The topological polar surface area (TPSA) is 50.9 Å². The Bertz CT molecular complexity index is 753. The van der Waals surface area contributed by atoms with Crippen molar-refractivity contribution >= 4 is 11.6 Å². The van der Waals surface area contributed by atoms with Crippen LogP contribution in [0.25, 0.3) is 5.69 Å². The van der Waals surface area contributed by atoms with Crippen LogP contribution in [0, 0.1) is 0 Å². The van der Waals surface area contributed by atoms with E-state index in [0.29, 0.717) is 16.3 Å². The molecule has 3 aromatic rings. The minimum atomic E-state index is -1.29. The largest absolute Gasteiger partial charge is 0.379 e. The van der Waals surface area contributed by atoms with E-state index in [4.69, 9.17) is 11.6 Å². The summed E-state index contributed by atoms with van der Waals surface area (Å²) in [4.78, 5) is 0. The van der Waals surface area contributed by atoms with Crippen LogP contribution in [0.3, 0.4) is 0 Å². The van der Waals surface area contributed by atoms with Crippen molar-refractivity contribution in [2.75, 3.05) is 0 Å². The lowest BCUT2D eigenvalue weighted by Crippen LogP contribution is -2.26. The SMILES string of the molecule is CC(O)(c1ccccc1Cl)c1cnnn1-c1ccccc1. The van der Waals surface area contributed by atoms with Crippen molar-refractivity contribution in [1.82, 2.24) is 15.0 Å². The lowest BCUT2D eigenvalue weighted by Gasteiger charge is -2.25. The quantitative estimate of drug-likeness (QED) is 0.808. The molecule has 1 unspecified atom stereocenters. The van der Waals surface area contributed by atoms with E-state index in [-0.39, 0.29) is 0 Å². The van der Waals surface area contributed by atoms with E-state index in [1.54, 1.807) is 29.9 Å². The minimum Gasteiger partial charge on any atom is -0.379 e. The predicted molar refractivity (Wildman–Crippen MR) is 81.5 cm³/mol. The van der Waals surface area contributed by atoms with Crippen molar-refractivity contribution < 1.29 is 5.11 Å². The van der Waals surface area contributed by atoms with Crippen LogP contribution >= 0.6 is 11.6 Å². The number of benzene rings is 2. The van der Waals surface area contributed by atoms with Gasteiger partial charge < -0.3 is 5.11 Å². The fraction of sp³-hybridized carbons (Fsp3) is 0.125. The number of nitrogens with zero attached hydrogens (tertiary/aromatic N) is 3. The molecule has 106 valence electrons. The lowest BCUT2D eigenvalue weighted by atomic mass is 9.92. The third-order valence-corrected chi connectivity index (χ3v) is 3.78. The molecule has 2 aromatic carbocycles. The second-order valence-corrected chi connectivity index (χ2v) is 5.33. The van der Waals surface area contributed by atoms with Gasteiger partial charge in [0.1, 0.15) is 11.3 Å². The summed E-state index contributed by atoms with van der Waals surface area (Å²) in [5.74, 6) is 0. The smallest absolute Gasteiger partial charge is 0.132 e. The van der Waals surface area contributed by atoms with Gasteiger partial charge in [-0.1, -0.05) is 53.2 Å². The van der Waals surface area contributed by atoms with Crippen molar-refractivity contribution in [2.24, 2.45) is 0 Å². The molecule has 0 saturated carbocycles. The van der Waals surface area contributed by atoms with Crippen LogP contribution in [0.4, 0.5) is 0 Å². The number of para-hydroxylation sites is 1. The summed E-state index contributed by atoms with van der Waals surface area (Å²) in [5, 5.41) is 19.5. The molecule has 1 N–H and O–H groups in total. The standard InChI is InChI=1S/C16H14ClN3O/c1-16(21,13-9-5-6-10-14(13)17)15-11-18-19-20(15)12-7-3-2-4-8-12/h2-11,21H,1H3. The first-order chi connectivity index (χ1) is 10.1. The molecule has 0 aliphatic heterocycles. The van der Waals surface area contributed by atoms with E-state index in [0.717, 1.165) is 5.69 Å². The molecule has 0 aliphatic rings. The van der Waals surface area contributed by atoms with E-state index in [9.17, 15) is 5.11 Å². The molecular formula is C16H14ClN3O. The molecule has 1 aromatic heterocycles. The van der Waals surface area contributed by atoms with Crippen molar-refractivity contribution in [2.45, 2.75) is 12.5 Å². The number of hydrogen-bond donors (Lipinski definition) is 1. The molecule has 4 nitrogen and oxygen atoms in total. The molecule has 1 heterocycles. The number of aromatic nitrogens is 3. The summed E-state index contributed by atoms with van der Waals surface area (Å²) in [7, 11) is 0. The molecule has 0 bridgehead atoms. The van der Waals surface area contributed by atoms with E-state index in [1.165, 1.54) is 0 Å². The van der Waals surface area contributed by atoms with Crippen LogP contribution in [0.2, 0.25) is 5.02 Å². The molecule has 1 atom stereocenters. The summed E-state index contributed by atoms with van der Waals surface area (Å²) >= 11 is 6.21. The summed E-state index contributed by atoms with van der Waals surface area (Å²) in [6.45, 7) is 1.69. The summed E-state index contributed by atoms with van der Waals surface area (Å²) in [5.41, 5.74) is 0.711. The van der Waals surface area contributed by atoms with Gasteiger partial charge in [0.15, 0.2) is 0 Å². The number of hydrogen-bond acceptors (Lipinski definition) is 3. The van der Waals surface area contributed by atoms with E-state index in [1.807, 2.05) is 42.5 Å². The van der Waals surface area contributed by atoms with Gasteiger partial charge in [-0.05, 0) is 25.1 Å². The molecular weight excluding hydrogens is 286 g/mol. The number of halogens is 1. The Balaban J connectivity index is 2.14. The molecule has 21 heavy (non-hydrogen) atoms. The van der Waals surface area contributed by atoms with Crippen LogP contribution in [-0.2, 0) is 5.60 Å². The first-order valence-corrected chi connectivity index (χ1v) is 6.92. The highest BCUT2D eigenvalue weighted by atomic mass is 35.5. The minimum absolute atomic E-state index is 0.503. The highest BCUT2D eigenvalue weighted by molar-refractivity contribution is 6.31. The molecule has 0 aliphatic carbocycles. The zero-order valence-corrected chi connectivity index (χ0v) is 12.2. The summed E-state index contributed by atoms with van der Waals surface area (Å²) in [6, 6.07) is 16.8. The zero-order valence-electron chi connectivity index (χ0n) is 11.4. The van der Waals surface area contributed by atoms with Gasteiger partial charge in [-0.15, -0.1) is 5.10 Å². The van der Waals surface area contributed by atoms with E-state index in [2.05, 4.69) is 10.3 Å². The first-order valence-electron chi connectivity index (χ1n) is 6.54. The summed E-state index contributed by atoms with van der Waals surface area (Å²) < 4.78 is 1.61. The van der Waals surface area contributed by atoms with Crippen LogP contribution < -0.4 is 0 Å². The maximum atomic E-state index is 11.0. The lowest BCUT2D eigenvalue weighted by molar-refractivity contribution is 0.0947. The van der Waals surface area contributed by atoms with Crippen LogP contribution in [0.1, 0.15) is 18.2 Å². The van der Waals surface area contributed by atoms with Crippen molar-refractivity contribution in [1.29, 1.82) is 0 Å². The summed E-state index contributed by atoms with van der Waals surface area (Å²) in [6.07, 6.45) is 1.55. The van der Waals surface area contributed by atoms with E-state index < -0.39 is 5.60 Å². The average Bonchev–Trinajstić information content (AvgIpc) is 2.99. The Morgan fingerprint density at radius 1 is 1.05 bits per heavy atom. The highest BCUT2D eigenvalue weighted by Gasteiger charge is 2.32. The monoisotopic (exact) mass is 299 g/mol. The molecule has 0 amide bonds. The molecule has 3 rings (SSSR count). The maximum Gasteiger partial charge on any atom is 0.132 e. The Morgan fingerprint density at radius 3 is 2.43 bits per heavy atom. The van der Waals surface area contributed by atoms with Gasteiger partial charge in [0.25, 0.3) is 0 Å². The maximum absolute atomic E-state index is 11.0. The van der Waals surface area contributed by atoms with Gasteiger partial charge in [0.2, 0.25) is 0 Å². The van der Waals surface area contributed by atoms with Crippen molar-refractivity contribution in [3.05, 3.63) is 77.1 Å². The third-order valence-electron chi connectivity index (χ3n) is 3.45. The highest BCUT2D eigenvalue weighted by Crippen LogP contribution is 2.34. The first kappa shape index (κ1) is 13.8. The second-order valence-electron chi connectivity index (χ2n) is 4.92.